The number of hydrazone groups is 1. The number of nitrogens with zero attached hydrogens (tertiary/aromatic N) is 2. The minimum Gasteiger partial charge on any atom is -0.483 e. The van der Waals surface area contributed by atoms with Crippen molar-refractivity contribution in [2.45, 2.75) is 85.0 Å². The van der Waals surface area contributed by atoms with E-state index in [4.69, 9.17) is 4.74 Å². The van der Waals surface area contributed by atoms with Gasteiger partial charge in [-0.15, -0.1) is 0 Å². The first kappa shape index (κ1) is 25.5. The molecule has 1 aliphatic heterocycles. The van der Waals surface area contributed by atoms with Gasteiger partial charge in [0.25, 0.3) is 11.6 Å². The molecule has 3 rings (SSSR count). The van der Waals surface area contributed by atoms with Crippen LogP contribution in [0.2, 0.25) is 0 Å². The SMILES string of the molecule is CCC(C)(C)[C@@H]1CCC2=NN(C(=O)COc3cc(C)ccc3C(C)C)[C@@](O)(C(F)(F)F)[C@H]2C1. The highest BCUT2D eigenvalue weighted by Crippen LogP contribution is 2.52. The fourth-order valence-corrected chi connectivity index (χ4v) is 4.91. The zero-order valence-corrected chi connectivity index (χ0v) is 20.3. The van der Waals surface area contributed by atoms with E-state index in [9.17, 15) is 23.1 Å². The molecule has 1 N–H and O–H groups in total. The molecule has 33 heavy (non-hydrogen) atoms. The number of ether oxygens (including phenoxy) is 1. The van der Waals surface area contributed by atoms with Gasteiger partial charge in [-0.3, -0.25) is 4.79 Å². The molecule has 0 unspecified atom stereocenters. The summed E-state index contributed by atoms with van der Waals surface area (Å²) < 4.78 is 48.4. The summed E-state index contributed by atoms with van der Waals surface area (Å²) in [7, 11) is 0. The van der Waals surface area contributed by atoms with E-state index in [2.05, 4.69) is 5.10 Å². The van der Waals surface area contributed by atoms with Gasteiger partial charge >= 0.3 is 6.18 Å². The Hall–Kier alpha value is -2.09. The Labute approximate surface area is 194 Å². The van der Waals surface area contributed by atoms with Crippen LogP contribution in [0.4, 0.5) is 13.2 Å². The fraction of sp³-hybridized carbons (Fsp3) is 0.680. The van der Waals surface area contributed by atoms with Gasteiger partial charge in [0.05, 0.1) is 5.92 Å². The molecule has 1 aromatic rings. The smallest absolute Gasteiger partial charge is 0.439 e. The Morgan fingerprint density at radius 1 is 1.33 bits per heavy atom. The highest BCUT2D eigenvalue weighted by Gasteiger charge is 2.69. The lowest BCUT2D eigenvalue weighted by Crippen LogP contribution is -2.62. The molecule has 1 aliphatic carbocycles. The number of aliphatic hydroxyl groups is 1. The van der Waals surface area contributed by atoms with Crippen molar-refractivity contribution in [3.63, 3.8) is 0 Å². The fourth-order valence-electron chi connectivity index (χ4n) is 4.91. The third kappa shape index (κ3) is 4.63. The summed E-state index contributed by atoms with van der Waals surface area (Å²) >= 11 is 0. The van der Waals surface area contributed by atoms with Gasteiger partial charge in [0.2, 0.25) is 0 Å². The van der Waals surface area contributed by atoms with Crippen molar-refractivity contribution < 1.29 is 27.8 Å². The molecular formula is C25H35F3N2O3. The van der Waals surface area contributed by atoms with Crippen LogP contribution in [0.25, 0.3) is 0 Å². The average Bonchev–Trinajstić information content (AvgIpc) is 3.05. The first-order valence-electron chi connectivity index (χ1n) is 11.6. The zero-order chi connectivity index (χ0) is 24.8. The Balaban J connectivity index is 1.86. The topological polar surface area (TPSA) is 62.1 Å². The maximum absolute atomic E-state index is 14.3. The van der Waals surface area contributed by atoms with Crippen LogP contribution in [-0.4, -0.2) is 40.2 Å². The third-order valence-corrected chi connectivity index (χ3v) is 7.52. The first-order chi connectivity index (χ1) is 15.2. The van der Waals surface area contributed by atoms with Gasteiger partial charge in [-0.25, -0.2) is 0 Å². The van der Waals surface area contributed by atoms with Gasteiger partial charge in [-0.2, -0.15) is 23.3 Å². The minimum atomic E-state index is -5.05. The number of hydrogen-bond acceptors (Lipinski definition) is 4. The summed E-state index contributed by atoms with van der Waals surface area (Å²) in [6.45, 7) is 11.2. The van der Waals surface area contributed by atoms with E-state index in [0.717, 1.165) is 17.5 Å². The van der Waals surface area contributed by atoms with E-state index in [1.807, 2.05) is 53.7 Å². The van der Waals surface area contributed by atoms with Crippen LogP contribution in [-0.2, 0) is 4.79 Å². The number of hydrogen-bond donors (Lipinski definition) is 1. The molecular weight excluding hydrogens is 433 g/mol. The van der Waals surface area contributed by atoms with Crippen molar-refractivity contribution in [3.8, 4) is 5.75 Å². The molecule has 0 saturated heterocycles. The molecule has 2 aliphatic rings. The molecule has 0 radical (unpaired) electrons. The van der Waals surface area contributed by atoms with E-state index in [1.54, 1.807) is 6.07 Å². The van der Waals surface area contributed by atoms with E-state index in [-0.39, 0.29) is 34.4 Å². The van der Waals surface area contributed by atoms with Crippen molar-refractivity contribution in [2.75, 3.05) is 6.61 Å². The lowest BCUT2D eigenvalue weighted by molar-refractivity contribution is -0.318. The summed E-state index contributed by atoms with van der Waals surface area (Å²) in [5.41, 5.74) is -1.53. The third-order valence-electron chi connectivity index (χ3n) is 7.52. The number of carbonyl (C=O) groups excluding carboxylic acids is 1. The molecule has 1 saturated carbocycles. The van der Waals surface area contributed by atoms with Gasteiger partial charge in [0.15, 0.2) is 6.61 Å². The second-order valence-electron chi connectivity index (χ2n) is 10.4. The minimum absolute atomic E-state index is 0.00692. The van der Waals surface area contributed by atoms with Crippen molar-refractivity contribution in [3.05, 3.63) is 29.3 Å². The summed E-state index contributed by atoms with van der Waals surface area (Å²) in [5.74, 6) is -1.73. The number of amides is 1. The van der Waals surface area contributed by atoms with Gasteiger partial charge in [0, 0.05) is 5.71 Å². The number of alkyl halides is 3. The van der Waals surface area contributed by atoms with Crippen molar-refractivity contribution in [1.82, 2.24) is 5.01 Å². The first-order valence-corrected chi connectivity index (χ1v) is 11.6. The van der Waals surface area contributed by atoms with Gasteiger partial charge in [0.1, 0.15) is 5.75 Å². The molecule has 1 amide bonds. The maximum Gasteiger partial charge on any atom is 0.439 e. The number of fused-ring (bicyclic) bond motifs is 1. The predicted molar refractivity (Wildman–Crippen MR) is 121 cm³/mol. The largest absolute Gasteiger partial charge is 0.483 e. The van der Waals surface area contributed by atoms with Crippen LogP contribution in [0.5, 0.6) is 5.75 Å². The normalized spacial score (nSPS) is 25.8. The number of halogens is 3. The summed E-state index contributed by atoms with van der Waals surface area (Å²) in [4.78, 5) is 13.0. The Kier molecular flexibility index (Phi) is 6.91. The molecule has 0 bridgehead atoms. The maximum atomic E-state index is 14.3. The summed E-state index contributed by atoms with van der Waals surface area (Å²) in [6, 6.07) is 5.55. The van der Waals surface area contributed by atoms with Crippen molar-refractivity contribution in [1.29, 1.82) is 0 Å². The van der Waals surface area contributed by atoms with Crippen LogP contribution in [0.3, 0.4) is 0 Å². The Morgan fingerprint density at radius 3 is 2.58 bits per heavy atom. The monoisotopic (exact) mass is 468 g/mol. The molecule has 0 aromatic heterocycles. The number of carbonyl (C=O) groups is 1. The average molecular weight is 469 g/mol. The number of aryl methyl sites for hydroxylation is 1. The number of rotatable bonds is 6. The van der Waals surface area contributed by atoms with Crippen molar-refractivity contribution >= 4 is 11.6 Å². The van der Waals surface area contributed by atoms with Crippen LogP contribution >= 0.6 is 0 Å². The predicted octanol–water partition coefficient (Wildman–Crippen LogP) is 5.80. The van der Waals surface area contributed by atoms with E-state index in [0.29, 0.717) is 18.6 Å². The Morgan fingerprint density at radius 2 is 2.00 bits per heavy atom. The van der Waals surface area contributed by atoms with Gasteiger partial charge in [-0.05, 0) is 60.6 Å². The van der Waals surface area contributed by atoms with Crippen LogP contribution in [0, 0.1) is 24.2 Å². The zero-order valence-electron chi connectivity index (χ0n) is 20.3. The standard InChI is InChI=1S/C25H35F3N2O3/c1-7-23(5,6)17-9-11-20-19(13-17)24(32,25(26,27)28)30(29-20)22(31)14-33-21-12-16(4)8-10-18(21)15(2)3/h8,10,12,15,17,19,32H,7,9,11,13-14H2,1-6H3/t17-,19+,24+/m1/s1. The Bertz CT molecular complexity index is 926. The van der Waals surface area contributed by atoms with E-state index >= 15 is 0 Å². The van der Waals surface area contributed by atoms with Gasteiger partial charge < -0.3 is 9.84 Å². The number of benzene rings is 1. The summed E-state index contributed by atoms with van der Waals surface area (Å²) in [5, 5.41) is 15.2. The molecule has 1 aromatic carbocycles. The van der Waals surface area contributed by atoms with Crippen LogP contribution in [0.1, 0.15) is 77.3 Å². The van der Waals surface area contributed by atoms with Gasteiger partial charge in [-0.1, -0.05) is 53.2 Å². The molecule has 0 spiro atoms. The quantitative estimate of drug-likeness (QED) is 0.574. The molecule has 1 fully saturated rings. The second kappa shape index (κ2) is 8.93. The molecule has 1 heterocycles. The molecule has 8 heteroatoms. The second-order valence-corrected chi connectivity index (χ2v) is 10.4. The lowest BCUT2D eigenvalue weighted by atomic mass is 9.64. The van der Waals surface area contributed by atoms with Crippen molar-refractivity contribution in [2.24, 2.45) is 22.4 Å². The highest BCUT2D eigenvalue weighted by atomic mass is 19.4. The van der Waals surface area contributed by atoms with Crippen LogP contribution < -0.4 is 4.74 Å². The van der Waals surface area contributed by atoms with Crippen LogP contribution in [0.15, 0.2) is 23.3 Å². The van der Waals surface area contributed by atoms with E-state index < -0.39 is 30.3 Å². The molecule has 5 nitrogen and oxygen atoms in total. The highest BCUT2D eigenvalue weighted by molar-refractivity contribution is 5.93. The van der Waals surface area contributed by atoms with E-state index in [1.165, 1.54) is 0 Å². The lowest BCUT2D eigenvalue weighted by Gasteiger charge is -2.43. The molecule has 184 valence electrons. The summed E-state index contributed by atoms with van der Waals surface area (Å²) in [6.07, 6.45) is -3.09. The molecule has 3 atom stereocenters.